The molecule has 2 aromatic rings. The van der Waals surface area contributed by atoms with Crippen LogP contribution in [0, 0.1) is 5.92 Å². The lowest BCUT2D eigenvalue weighted by Gasteiger charge is -2.29. The van der Waals surface area contributed by atoms with E-state index in [2.05, 4.69) is 44.3 Å². The van der Waals surface area contributed by atoms with Crippen molar-refractivity contribution in [3.63, 3.8) is 0 Å². The summed E-state index contributed by atoms with van der Waals surface area (Å²) in [5.41, 5.74) is 4.61. The van der Waals surface area contributed by atoms with Crippen molar-refractivity contribution in [2.24, 2.45) is 5.92 Å². The lowest BCUT2D eigenvalue weighted by molar-refractivity contribution is -0.141. The SMILES string of the molecule is C=C(CO)C(=O)OCC(COC(O)C(=C)CO)c1ccc(-c2ccc(C3CCC(CCCCC)CC3)cc2)cc1. The molecule has 0 aromatic heterocycles. The topological polar surface area (TPSA) is 96.2 Å². The highest BCUT2D eigenvalue weighted by molar-refractivity contribution is 5.87. The number of unbranched alkanes of at least 4 members (excludes halogenated alkanes) is 2. The summed E-state index contributed by atoms with van der Waals surface area (Å²) in [4.78, 5) is 12.0. The van der Waals surface area contributed by atoms with Gasteiger partial charge in [-0.1, -0.05) is 94.3 Å². The Balaban J connectivity index is 1.62. The number of aliphatic hydroxyl groups excluding tert-OH is 3. The van der Waals surface area contributed by atoms with E-state index in [1.807, 2.05) is 24.3 Å². The average Bonchev–Trinajstić information content (AvgIpc) is 3.00. The molecule has 40 heavy (non-hydrogen) atoms. The highest BCUT2D eigenvalue weighted by Gasteiger charge is 2.22. The lowest BCUT2D eigenvalue weighted by Crippen LogP contribution is -2.24. The summed E-state index contributed by atoms with van der Waals surface area (Å²) >= 11 is 0. The van der Waals surface area contributed by atoms with Gasteiger partial charge in [0.2, 0.25) is 0 Å². The summed E-state index contributed by atoms with van der Waals surface area (Å²) in [7, 11) is 0. The summed E-state index contributed by atoms with van der Waals surface area (Å²) in [6, 6.07) is 16.9. The van der Waals surface area contributed by atoms with Crippen molar-refractivity contribution in [3.05, 3.63) is 84.0 Å². The number of hydrogen-bond donors (Lipinski definition) is 3. The smallest absolute Gasteiger partial charge is 0.335 e. The minimum absolute atomic E-state index is 0.0228. The van der Waals surface area contributed by atoms with Crippen LogP contribution in [-0.4, -0.2) is 54.0 Å². The molecule has 6 heteroatoms. The standard InChI is InChI=1S/C34H46O6/c1-4-5-6-7-26-8-10-27(11-9-26)28-12-14-29(15-13-28)30-16-18-31(19-17-30)32(22-39-33(37)24(2)20-35)23-40-34(38)25(3)21-36/h12-19,26-27,32-33,35-37H,2-11,20-23H2,1H3. The first kappa shape index (κ1) is 31.8. The van der Waals surface area contributed by atoms with Gasteiger partial charge in [0.1, 0.15) is 6.61 Å². The summed E-state index contributed by atoms with van der Waals surface area (Å²) in [6.45, 7) is 8.48. The van der Waals surface area contributed by atoms with Crippen molar-refractivity contribution < 1.29 is 29.6 Å². The summed E-state index contributed by atoms with van der Waals surface area (Å²) in [5.74, 6) is 0.490. The molecule has 0 radical (unpaired) electrons. The van der Waals surface area contributed by atoms with Crippen molar-refractivity contribution >= 4 is 5.97 Å². The fourth-order valence-electron chi connectivity index (χ4n) is 5.35. The maximum atomic E-state index is 12.0. The van der Waals surface area contributed by atoms with Gasteiger partial charge in [-0.2, -0.15) is 0 Å². The molecular formula is C34H46O6. The molecule has 3 N–H and O–H groups in total. The molecule has 1 fully saturated rings. The Morgan fingerprint density at radius 2 is 1.52 bits per heavy atom. The molecule has 2 aromatic carbocycles. The number of esters is 1. The largest absolute Gasteiger partial charge is 0.462 e. The third-order valence-electron chi connectivity index (χ3n) is 8.06. The summed E-state index contributed by atoms with van der Waals surface area (Å²) in [5, 5.41) is 28.4. The number of carbonyl (C=O) groups is 1. The van der Waals surface area contributed by atoms with Crippen molar-refractivity contribution in [1.29, 1.82) is 0 Å². The first-order valence-corrected chi connectivity index (χ1v) is 14.6. The summed E-state index contributed by atoms with van der Waals surface area (Å²) in [6.07, 6.45) is 9.34. The number of ether oxygens (including phenoxy) is 2. The molecule has 0 spiro atoms. The van der Waals surface area contributed by atoms with Crippen molar-refractivity contribution in [1.82, 2.24) is 0 Å². The normalized spacial score (nSPS) is 18.6. The fourth-order valence-corrected chi connectivity index (χ4v) is 5.35. The van der Waals surface area contributed by atoms with Gasteiger partial charge in [0.15, 0.2) is 6.29 Å². The van der Waals surface area contributed by atoms with Crippen LogP contribution in [0.2, 0.25) is 0 Å². The number of aliphatic hydroxyl groups is 3. The zero-order chi connectivity index (χ0) is 28.9. The van der Waals surface area contributed by atoms with E-state index in [0.29, 0.717) is 5.92 Å². The van der Waals surface area contributed by atoms with Gasteiger partial charge in [-0.05, 0) is 59.8 Å². The minimum Gasteiger partial charge on any atom is -0.462 e. The van der Waals surface area contributed by atoms with Crippen LogP contribution in [0.3, 0.4) is 0 Å². The van der Waals surface area contributed by atoms with Crippen molar-refractivity contribution in [2.75, 3.05) is 26.4 Å². The first-order valence-electron chi connectivity index (χ1n) is 14.6. The lowest BCUT2D eigenvalue weighted by atomic mass is 9.77. The van der Waals surface area contributed by atoms with Crippen molar-refractivity contribution in [3.8, 4) is 11.1 Å². The molecule has 0 heterocycles. The highest BCUT2D eigenvalue weighted by Crippen LogP contribution is 2.38. The molecule has 1 aliphatic rings. The first-order chi connectivity index (χ1) is 19.4. The minimum atomic E-state index is -1.33. The van der Waals surface area contributed by atoms with Crippen LogP contribution in [-0.2, 0) is 14.3 Å². The molecule has 0 saturated heterocycles. The molecule has 0 amide bonds. The fraction of sp³-hybridized carbons (Fsp3) is 0.500. The Labute approximate surface area is 239 Å². The number of hydrogen-bond acceptors (Lipinski definition) is 6. The Hall–Kier alpha value is -2.77. The Kier molecular flexibility index (Phi) is 13.1. The molecule has 218 valence electrons. The van der Waals surface area contributed by atoms with Crippen LogP contribution in [0.4, 0.5) is 0 Å². The third kappa shape index (κ3) is 9.41. The van der Waals surface area contributed by atoms with Crippen LogP contribution in [0.15, 0.2) is 72.8 Å². The Morgan fingerprint density at radius 1 is 0.900 bits per heavy atom. The number of rotatable bonds is 16. The van der Waals surface area contributed by atoms with Crippen LogP contribution < -0.4 is 0 Å². The van der Waals surface area contributed by atoms with Gasteiger partial charge in [0, 0.05) is 11.5 Å². The van der Waals surface area contributed by atoms with E-state index in [1.54, 1.807) is 0 Å². The zero-order valence-electron chi connectivity index (χ0n) is 23.9. The predicted molar refractivity (Wildman–Crippen MR) is 159 cm³/mol. The monoisotopic (exact) mass is 550 g/mol. The van der Waals surface area contributed by atoms with Crippen LogP contribution in [0.1, 0.15) is 81.3 Å². The van der Waals surface area contributed by atoms with Crippen LogP contribution in [0.25, 0.3) is 11.1 Å². The Bertz CT molecular complexity index is 1070. The number of benzene rings is 2. The highest BCUT2D eigenvalue weighted by atomic mass is 16.6. The molecule has 6 nitrogen and oxygen atoms in total. The molecule has 0 bridgehead atoms. The molecule has 1 aliphatic carbocycles. The van der Waals surface area contributed by atoms with Crippen molar-refractivity contribution in [2.45, 2.75) is 76.4 Å². The van der Waals surface area contributed by atoms with E-state index < -0.39 is 25.5 Å². The molecular weight excluding hydrogens is 504 g/mol. The van der Waals surface area contributed by atoms with E-state index in [0.717, 1.165) is 22.6 Å². The van der Waals surface area contributed by atoms with Gasteiger partial charge in [0.05, 0.1) is 25.4 Å². The average molecular weight is 551 g/mol. The zero-order valence-corrected chi connectivity index (χ0v) is 23.9. The van der Waals surface area contributed by atoms with E-state index in [9.17, 15) is 15.0 Å². The van der Waals surface area contributed by atoms with E-state index >= 15 is 0 Å². The van der Waals surface area contributed by atoms with Gasteiger partial charge in [-0.3, -0.25) is 0 Å². The van der Waals surface area contributed by atoms with Gasteiger partial charge >= 0.3 is 5.97 Å². The second kappa shape index (κ2) is 16.5. The second-order valence-electron chi connectivity index (χ2n) is 11.0. The van der Waals surface area contributed by atoms with Gasteiger partial charge in [-0.15, -0.1) is 0 Å². The Morgan fingerprint density at radius 3 is 2.10 bits per heavy atom. The maximum Gasteiger partial charge on any atom is 0.335 e. The van der Waals surface area contributed by atoms with Gasteiger partial charge < -0.3 is 24.8 Å². The van der Waals surface area contributed by atoms with Gasteiger partial charge in [0.25, 0.3) is 0 Å². The van der Waals surface area contributed by atoms with E-state index in [-0.39, 0.29) is 30.3 Å². The van der Waals surface area contributed by atoms with Gasteiger partial charge in [-0.25, -0.2) is 4.79 Å². The molecule has 3 rings (SSSR count). The molecule has 2 atom stereocenters. The second-order valence-corrected chi connectivity index (χ2v) is 11.0. The van der Waals surface area contributed by atoms with Crippen LogP contribution >= 0.6 is 0 Å². The van der Waals surface area contributed by atoms with E-state index in [4.69, 9.17) is 14.6 Å². The predicted octanol–water partition coefficient (Wildman–Crippen LogP) is 6.27. The molecule has 2 unspecified atom stereocenters. The maximum absolute atomic E-state index is 12.0. The molecule has 1 saturated carbocycles. The van der Waals surface area contributed by atoms with Crippen LogP contribution in [0.5, 0.6) is 0 Å². The number of carbonyl (C=O) groups excluding carboxylic acids is 1. The van der Waals surface area contributed by atoms with E-state index in [1.165, 1.54) is 56.9 Å². The molecule has 0 aliphatic heterocycles. The summed E-state index contributed by atoms with van der Waals surface area (Å²) < 4.78 is 10.8. The quantitative estimate of drug-likeness (QED) is 0.0750. The third-order valence-corrected chi connectivity index (χ3v) is 8.06.